The van der Waals surface area contributed by atoms with E-state index in [-0.39, 0.29) is 0 Å². The maximum absolute atomic E-state index is 5.49. The molecule has 4 N–H and O–H groups in total. The summed E-state index contributed by atoms with van der Waals surface area (Å²) in [6.07, 6.45) is 3.42. The zero-order chi connectivity index (χ0) is 15.1. The van der Waals surface area contributed by atoms with Crippen molar-refractivity contribution in [3.05, 3.63) is 54.4 Å². The number of allylic oxidation sites excluding steroid dienone is 1. The minimum absolute atomic E-state index is 0.533. The zero-order valence-corrected chi connectivity index (χ0v) is 12.3. The van der Waals surface area contributed by atoms with E-state index in [2.05, 4.69) is 30.4 Å². The molecule has 4 nitrogen and oxygen atoms in total. The third-order valence-electron chi connectivity index (χ3n) is 2.75. The van der Waals surface area contributed by atoms with Crippen LogP contribution in [0.1, 0.15) is 37.8 Å². The van der Waals surface area contributed by atoms with E-state index in [1.54, 1.807) is 12.4 Å². The topological polar surface area (TPSA) is 77.8 Å². The van der Waals surface area contributed by atoms with Gasteiger partial charge in [-0.05, 0) is 48.2 Å². The molecule has 0 aliphatic heterocycles. The lowest BCUT2D eigenvalue weighted by Crippen LogP contribution is -1.93. The molecule has 0 spiro atoms. The van der Waals surface area contributed by atoms with E-state index in [4.69, 9.17) is 11.5 Å². The third kappa shape index (κ3) is 5.10. The number of rotatable bonds is 2. The lowest BCUT2D eigenvalue weighted by Gasteiger charge is -2.03. The molecule has 2 rings (SSSR count). The largest absolute Gasteiger partial charge is 0.384 e. The summed E-state index contributed by atoms with van der Waals surface area (Å²) >= 11 is 0. The lowest BCUT2D eigenvalue weighted by atomic mass is 10.1. The molecule has 0 atom stereocenters. The Hall–Kier alpha value is -2.36. The molecule has 0 amide bonds. The van der Waals surface area contributed by atoms with Crippen LogP contribution in [0.3, 0.4) is 0 Å². The van der Waals surface area contributed by atoms with Gasteiger partial charge in [-0.3, -0.25) is 0 Å². The first-order chi connectivity index (χ1) is 9.40. The SMILES string of the molecule is C=C(C)c1ccnc(N)c1.CC(C)c1ccnc(N)c1. The van der Waals surface area contributed by atoms with E-state index in [0.29, 0.717) is 17.6 Å². The van der Waals surface area contributed by atoms with Gasteiger partial charge in [-0.2, -0.15) is 0 Å². The predicted octanol–water partition coefficient (Wildman–Crippen LogP) is 3.48. The summed E-state index contributed by atoms with van der Waals surface area (Å²) < 4.78 is 0. The quantitative estimate of drug-likeness (QED) is 0.875. The van der Waals surface area contributed by atoms with Crippen molar-refractivity contribution >= 4 is 17.2 Å². The monoisotopic (exact) mass is 270 g/mol. The van der Waals surface area contributed by atoms with Gasteiger partial charge in [0.25, 0.3) is 0 Å². The van der Waals surface area contributed by atoms with Crippen molar-refractivity contribution in [1.29, 1.82) is 0 Å². The first-order valence-electron chi connectivity index (χ1n) is 6.49. The van der Waals surface area contributed by atoms with Gasteiger partial charge in [0, 0.05) is 12.4 Å². The normalized spacial score (nSPS) is 9.80. The standard InChI is InChI=1S/C8H12N2.C8H10N2/c2*1-6(2)7-3-4-10-8(9)5-7/h3-6H,1-2H3,(H2,9,10);3-5H,1H2,2H3,(H2,9,10). The summed E-state index contributed by atoms with van der Waals surface area (Å²) in [6.45, 7) is 9.99. The lowest BCUT2D eigenvalue weighted by molar-refractivity contribution is 0.864. The first-order valence-corrected chi connectivity index (χ1v) is 6.49. The summed E-state index contributed by atoms with van der Waals surface area (Å²) in [4.78, 5) is 7.76. The summed E-state index contributed by atoms with van der Waals surface area (Å²) in [5.41, 5.74) is 14.2. The third-order valence-corrected chi connectivity index (χ3v) is 2.75. The minimum atomic E-state index is 0.533. The summed E-state index contributed by atoms with van der Waals surface area (Å²) in [7, 11) is 0. The number of nitrogen functional groups attached to an aromatic ring is 2. The number of pyridine rings is 2. The highest BCUT2D eigenvalue weighted by atomic mass is 14.8. The number of hydrogen-bond donors (Lipinski definition) is 2. The second-order valence-electron chi connectivity index (χ2n) is 4.92. The van der Waals surface area contributed by atoms with Crippen LogP contribution in [0.25, 0.3) is 5.57 Å². The van der Waals surface area contributed by atoms with Crippen LogP contribution in [0, 0.1) is 0 Å². The molecular weight excluding hydrogens is 248 g/mol. The fourth-order valence-electron chi connectivity index (χ4n) is 1.54. The van der Waals surface area contributed by atoms with Gasteiger partial charge < -0.3 is 11.5 Å². The van der Waals surface area contributed by atoms with Crippen molar-refractivity contribution in [3.63, 3.8) is 0 Å². The molecule has 0 saturated carbocycles. The Balaban J connectivity index is 0.000000200. The zero-order valence-electron chi connectivity index (χ0n) is 12.3. The summed E-state index contributed by atoms with van der Waals surface area (Å²) in [5.74, 6) is 1.68. The maximum atomic E-state index is 5.49. The second kappa shape index (κ2) is 7.28. The van der Waals surface area contributed by atoms with Crippen molar-refractivity contribution in [3.8, 4) is 0 Å². The van der Waals surface area contributed by atoms with Gasteiger partial charge >= 0.3 is 0 Å². The molecule has 0 aliphatic rings. The Kier molecular flexibility index (Phi) is 5.72. The van der Waals surface area contributed by atoms with Crippen LogP contribution < -0.4 is 11.5 Å². The number of anilines is 2. The van der Waals surface area contributed by atoms with E-state index in [0.717, 1.165) is 11.1 Å². The first kappa shape index (κ1) is 15.7. The Morgan fingerprint density at radius 3 is 1.95 bits per heavy atom. The highest BCUT2D eigenvalue weighted by Gasteiger charge is 1.97. The smallest absolute Gasteiger partial charge is 0.123 e. The van der Waals surface area contributed by atoms with Crippen LogP contribution in [-0.4, -0.2) is 9.97 Å². The van der Waals surface area contributed by atoms with Crippen molar-refractivity contribution in [2.45, 2.75) is 26.7 Å². The average Bonchev–Trinajstić information content (AvgIpc) is 2.39. The number of nitrogens with two attached hydrogens (primary N) is 2. The molecule has 2 heterocycles. The Labute approximate surface area is 120 Å². The molecule has 0 radical (unpaired) electrons. The van der Waals surface area contributed by atoms with Gasteiger partial charge in [0.1, 0.15) is 11.6 Å². The maximum Gasteiger partial charge on any atom is 0.123 e. The highest BCUT2D eigenvalue weighted by Crippen LogP contribution is 2.14. The Morgan fingerprint density at radius 2 is 1.60 bits per heavy atom. The number of nitrogens with zero attached hydrogens (tertiary/aromatic N) is 2. The van der Waals surface area contributed by atoms with Crippen LogP contribution in [0.2, 0.25) is 0 Å². The molecule has 0 aliphatic carbocycles. The summed E-state index contributed by atoms with van der Waals surface area (Å²) in [6, 6.07) is 7.59. The van der Waals surface area contributed by atoms with Crippen molar-refractivity contribution in [1.82, 2.24) is 9.97 Å². The Bertz CT molecular complexity index is 576. The van der Waals surface area contributed by atoms with Crippen molar-refractivity contribution < 1.29 is 0 Å². The van der Waals surface area contributed by atoms with E-state index in [9.17, 15) is 0 Å². The molecule has 20 heavy (non-hydrogen) atoms. The molecule has 0 unspecified atom stereocenters. The highest BCUT2D eigenvalue weighted by molar-refractivity contribution is 5.62. The number of aromatic nitrogens is 2. The predicted molar refractivity (Wildman–Crippen MR) is 86.1 cm³/mol. The van der Waals surface area contributed by atoms with E-state index in [1.165, 1.54) is 5.56 Å². The van der Waals surface area contributed by atoms with E-state index >= 15 is 0 Å². The van der Waals surface area contributed by atoms with Gasteiger partial charge in [0.2, 0.25) is 0 Å². The summed E-state index contributed by atoms with van der Waals surface area (Å²) in [5, 5.41) is 0. The van der Waals surface area contributed by atoms with Gasteiger partial charge in [-0.1, -0.05) is 26.0 Å². The average molecular weight is 270 g/mol. The van der Waals surface area contributed by atoms with Crippen LogP contribution in [0.5, 0.6) is 0 Å². The molecule has 0 aromatic carbocycles. The van der Waals surface area contributed by atoms with Gasteiger partial charge in [-0.25, -0.2) is 9.97 Å². The molecule has 2 aromatic heterocycles. The van der Waals surface area contributed by atoms with Crippen molar-refractivity contribution in [2.24, 2.45) is 0 Å². The van der Waals surface area contributed by atoms with Crippen LogP contribution in [0.15, 0.2) is 43.2 Å². The van der Waals surface area contributed by atoms with Crippen LogP contribution in [0.4, 0.5) is 11.6 Å². The molecule has 106 valence electrons. The van der Waals surface area contributed by atoms with Gasteiger partial charge in [-0.15, -0.1) is 0 Å². The van der Waals surface area contributed by atoms with Crippen LogP contribution in [-0.2, 0) is 0 Å². The molecule has 2 aromatic rings. The van der Waals surface area contributed by atoms with Crippen molar-refractivity contribution in [2.75, 3.05) is 11.5 Å². The molecule has 0 bridgehead atoms. The van der Waals surface area contributed by atoms with Gasteiger partial charge in [0.05, 0.1) is 0 Å². The Morgan fingerprint density at radius 1 is 1.05 bits per heavy atom. The molecular formula is C16H22N4. The second-order valence-corrected chi connectivity index (χ2v) is 4.92. The van der Waals surface area contributed by atoms with E-state index < -0.39 is 0 Å². The van der Waals surface area contributed by atoms with Gasteiger partial charge in [0.15, 0.2) is 0 Å². The van der Waals surface area contributed by atoms with Crippen LogP contribution >= 0.6 is 0 Å². The molecule has 0 fully saturated rings. The number of hydrogen-bond acceptors (Lipinski definition) is 4. The molecule has 4 heteroatoms. The van der Waals surface area contributed by atoms with E-state index in [1.807, 2.05) is 31.2 Å². The minimum Gasteiger partial charge on any atom is -0.384 e. The fraction of sp³-hybridized carbons (Fsp3) is 0.250. The fourth-order valence-corrected chi connectivity index (χ4v) is 1.54. The molecule has 0 saturated heterocycles.